The van der Waals surface area contributed by atoms with E-state index in [2.05, 4.69) is 43.0 Å². The predicted octanol–water partition coefficient (Wildman–Crippen LogP) is 8.45. The summed E-state index contributed by atoms with van der Waals surface area (Å²) in [5.41, 5.74) is 1.32. The summed E-state index contributed by atoms with van der Waals surface area (Å²) in [4.78, 5) is 6.21. The molecule has 152 valence electrons. The number of rotatable bonds is 8. The highest BCUT2D eigenvalue weighted by atomic mass is 32.2. The van der Waals surface area contributed by atoms with E-state index in [-0.39, 0.29) is 0 Å². The minimum absolute atomic E-state index is 0.638. The van der Waals surface area contributed by atoms with Gasteiger partial charge in [0.1, 0.15) is 12.1 Å². The molecular weight excluding hydrogens is 457 g/mol. The Labute approximate surface area is 199 Å². The largest absolute Gasteiger partial charge is 0.192 e. The molecule has 3 aromatic heterocycles. The Balaban J connectivity index is 1.74. The Bertz CT molecular complexity index is 1250. The molecule has 0 spiro atoms. The Hall–Kier alpha value is -2.87. The fourth-order valence-electron chi connectivity index (χ4n) is 2.64. The summed E-state index contributed by atoms with van der Waals surface area (Å²) in [6, 6.07) is 16.6. The zero-order valence-electron chi connectivity index (χ0n) is 16.7. The number of thioether (sulfide) groups is 1. The molecule has 0 radical (unpaired) electrons. The van der Waals surface area contributed by atoms with E-state index in [0.717, 1.165) is 29.3 Å². The molecule has 3 rings (SSSR count). The van der Waals surface area contributed by atoms with Crippen LogP contribution in [-0.2, 0) is 0 Å². The predicted molar refractivity (Wildman–Crippen MR) is 141 cm³/mol. The van der Waals surface area contributed by atoms with Gasteiger partial charge in [-0.1, -0.05) is 18.7 Å². The number of nitriles is 2. The van der Waals surface area contributed by atoms with Crippen molar-refractivity contribution in [2.45, 2.75) is 0 Å². The SMILES string of the molecule is C=C/C=C(SC)/C(C#N)=C/c1ccc(/C=C/c2ccc(/C=C(\C#N)c3cccs3)s2)s1. The van der Waals surface area contributed by atoms with Crippen LogP contribution < -0.4 is 0 Å². The lowest BCUT2D eigenvalue weighted by Gasteiger charge is -1.99. The average molecular weight is 475 g/mol. The Morgan fingerprint density at radius 1 is 0.935 bits per heavy atom. The van der Waals surface area contributed by atoms with E-state index in [4.69, 9.17) is 0 Å². The summed E-state index contributed by atoms with van der Waals surface area (Å²) in [6.45, 7) is 3.71. The van der Waals surface area contributed by atoms with Gasteiger partial charge < -0.3 is 0 Å². The summed E-state index contributed by atoms with van der Waals surface area (Å²) in [6.07, 6.45) is 13.5. The van der Waals surface area contributed by atoms with Crippen molar-refractivity contribution in [3.63, 3.8) is 0 Å². The summed E-state index contributed by atoms with van der Waals surface area (Å²) < 4.78 is 0. The smallest absolute Gasteiger partial charge is 0.101 e. The molecule has 0 unspecified atom stereocenters. The zero-order chi connectivity index (χ0) is 22.1. The van der Waals surface area contributed by atoms with Crippen molar-refractivity contribution in [3.05, 3.63) is 95.4 Å². The first-order valence-corrected chi connectivity index (χ1v) is 12.9. The number of thiophene rings is 3. The van der Waals surface area contributed by atoms with Crippen LogP contribution in [0.25, 0.3) is 29.9 Å². The summed E-state index contributed by atoms with van der Waals surface area (Å²) >= 11 is 6.39. The van der Waals surface area contributed by atoms with Gasteiger partial charge in [0.15, 0.2) is 0 Å². The van der Waals surface area contributed by atoms with Gasteiger partial charge in [-0.15, -0.1) is 45.8 Å². The molecular formula is C25H18N2S4. The van der Waals surface area contributed by atoms with Crippen LogP contribution in [0, 0.1) is 22.7 Å². The fourth-order valence-corrected chi connectivity index (χ4v) is 5.61. The second-order valence-electron chi connectivity index (χ2n) is 6.10. The summed E-state index contributed by atoms with van der Waals surface area (Å²) in [7, 11) is 0. The molecule has 0 aliphatic carbocycles. The van der Waals surface area contributed by atoms with E-state index in [1.807, 2.05) is 54.1 Å². The van der Waals surface area contributed by atoms with Crippen molar-refractivity contribution in [1.82, 2.24) is 0 Å². The van der Waals surface area contributed by atoms with E-state index in [9.17, 15) is 10.5 Å². The van der Waals surface area contributed by atoms with Crippen LogP contribution in [0.5, 0.6) is 0 Å². The van der Waals surface area contributed by atoms with E-state index >= 15 is 0 Å². The van der Waals surface area contributed by atoms with E-state index in [1.165, 1.54) is 11.8 Å². The molecule has 0 aliphatic rings. The van der Waals surface area contributed by atoms with Crippen LogP contribution in [0.2, 0.25) is 0 Å². The molecule has 3 heterocycles. The van der Waals surface area contributed by atoms with Gasteiger partial charge in [-0.05, 0) is 72.3 Å². The highest BCUT2D eigenvalue weighted by molar-refractivity contribution is 8.02. The van der Waals surface area contributed by atoms with Crippen molar-refractivity contribution in [1.29, 1.82) is 10.5 Å². The van der Waals surface area contributed by atoms with Crippen molar-refractivity contribution in [2.75, 3.05) is 6.26 Å². The van der Waals surface area contributed by atoms with Gasteiger partial charge in [0.25, 0.3) is 0 Å². The topological polar surface area (TPSA) is 47.6 Å². The molecule has 0 N–H and O–H groups in total. The van der Waals surface area contributed by atoms with Gasteiger partial charge in [-0.2, -0.15) is 10.5 Å². The number of hydrogen-bond donors (Lipinski definition) is 0. The highest BCUT2D eigenvalue weighted by Crippen LogP contribution is 2.29. The third-order valence-corrected chi connectivity index (χ3v) is 7.76. The first kappa shape index (κ1) is 22.8. The van der Waals surface area contributed by atoms with Crippen molar-refractivity contribution in [3.8, 4) is 12.1 Å². The molecule has 0 amide bonds. The molecule has 0 aliphatic heterocycles. The van der Waals surface area contributed by atoms with E-state index < -0.39 is 0 Å². The zero-order valence-corrected chi connectivity index (χ0v) is 20.0. The summed E-state index contributed by atoms with van der Waals surface area (Å²) in [5.74, 6) is 0. The maximum Gasteiger partial charge on any atom is 0.101 e. The van der Waals surface area contributed by atoms with Crippen LogP contribution in [0.4, 0.5) is 0 Å². The maximum atomic E-state index is 9.48. The minimum atomic E-state index is 0.638. The van der Waals surface area contributed by atoms with Gasteiger partial charge in [0.05, 0.1) is 11.1 Å². The van der Waals surface area contributed by atoms with Crippen molar-refractivity contribution >= 4 is 75.6 Å². The second-order valence-corrected chi connectivity index (χ2v) is 10.2. The molecule has 0 saturated carbocycles. The lowest BCUT2D eigenvalue weighted by molar-refractivity contribution is 1.50. The first-order valence-electron chi connectivity index (χ1n) is 9.19. The van der Waals surface area contributed by atoms with Gasteiger partial charge in [0, 0.05) is 29.3 Å². The molecule has 0 bridgehead atoms. The molecule has 0 aromatic carbocycles. The minimum Gasteiger partial charge on any atom is -0.192 e. The lowest BCUT2D eigenvalue weighted by Crippen LogP contribution is -1.81. The van der Waals surface area contributed by atoms with E-state index in [0.29, 0.717) is 11.1 Å². The van der Waals surface area contributed by atoms with Gasteiger partial charge in [-0.25, -0.2) is 0 Å². The quantitative estimate of drug-likeness (QED) is 0.243. The standard InChI is InChI=1S/C25H18N2S4/c1-3-5-24(28-2)18(16-26)14-22-11-9-20(30-22)7-8-21-10-12-23(31-21)15-19(17-27)25-6-4-13-29-25/h3-15H,1H2,2H3/b8-7+,18-14+,19-15+,24-5-. The number of allylic oxidation sites excluding steroid dienone is 4. The molecule has 0 saturated heterocycles. The van der Waals surface area contributed by atoms with Crippen molar-refractivity contribution in [2.24, 2.45) is 0 Å². The molecule has 0 atom stereocenters. The van der Waals surface area contributed by atoms with Crippen LogP contribution in [0.1, 0.15) is 24.4 Å². The van der Waals surface area contributed by atoms with Crippen LogP contribution in [0.3, 0.4) is 0 Å². The van der Waals surface area contributed by atoms with Crippen LogP contribution in [-0.4, -0.2) is 6.26 Å². The van der Waals surface area contributed by atoms with Gasteiger partial charge in [0.2, 0.25) is 0 Å². The number of nitrogens with zero attached hydrogens (tertiary/aromatic N) is 2. The monoisotopic (exact) mass is 474 g/mol. The van der Waals surface area contributed by atoms with E-state index in [1.54, 1.807) is 40.1 Å². The Morgan fingerprint density at radius 2 is 1.58 bits per heavy atom. The highest BCUT2D eigenvalue weighted by Gasteiger charge is 2.05. The van der Waals surface area contributed by atoms with Gasteiger partial charge in [-0.3, -0.25) is 0 Å². The molecule has 6 heteroatoms. The average Bonchev–Trinajstić information content (AvgIpc) is 3.55. The third-order valence-electron chi connectivity index (χ3n) is 4.06. The van der Waals surface area contributed by atoms with Gasteiger partial charge >= 0.3 is 0 Å². The van der Waals surface area contributed by atoms with Crippen LogP contribution in [0.15, 0.2) is 71.0 Å². The van der Waals surface area contributed by atoms with Crippen LogP contribution >= 0.6 is 45.8 Å². The lowest BCUT2D eigenvalue weighted by atomic mass is 10.2. The third kappa shape index (κ3) is 6.30. The molecule has 31 heavy (non-hydrogen) atoms. The van der Waals surface area contributed by atoms with Crippen molar-refractivity contribution < 1.29 is 0 Å². The normalized spacial score (nSPS) is 12.7. The fraction of sp³-hybridized carbons (Fsp3) is 0.0400. The Kier molecular flexibility index (Phi) is 8.46. The molecule has 0 fully saturated rings. The molecule has 3 aromatic rings. The second kappa shape index (κ2) is 11.5. The Morgan fingerprint density at radius 3 is 2.10 bits per heavy atom. The molecule has 2 nitrogen and oxygen atoms in total. The first-order chi connectivity index (χ1) is 15.2. The summed E-state index contributed by atoms with van der Waals surface area (Å²) in [5, 5.41) is 20.9. The number of hydrogen-bond acceptors (Lipinski definition) is 6. The maximum absolute atomic E-state index is 9.48.